The minimum atomic E-state index is -0.896. The maximum Gasteiger partial charge on any atom is 0.294 e. The van der Waals surface area contributed by atoms with Crippen LogP contribution in [0.1, 0.15) is 4.88 Å². The zero-order chi connectivity index (χ0) is 21.1. The molecule has 0 fully saturated rings. The van der Waals surface area contributed by atoms with Gasteiger partial charge in [-0.25, -0.2) is 9.67 Å². The van der Waals surface area contributed by atoms with Crippen LogP contribution in [-0.4, -0.2) is 42.1 Å². The third kappa shape index (κ3) is 3.99. The maximum absolute atomic E-state index is 12.8. The molecule has 0 saturated carbocycles. The van der Waals surface area contributed by atoms with Crippen LogP contribution in [0.25, 0.3) is 16.7 Å². The Bertz CT molecular complexity index is 1230. The summed E-state index contributed by atoms with van der Waals surface area (Å²) in [7, 11) is 0. The number of aromatic nitrogens is 4. The summed E-state index contributed by atoms with van der Waals surface area (Å²) in [6.07, 6.45) is 1.71. The Kier molecular flexibility index (Phi) is 5.65. The molecule has 1 unspecified atom stereocenters. The van der Waals surface area contributed by atoms with Crippen molar-refractivity contribution in [3.05, 3.63) is 79.6 Å². The van der Waals surface area contributed by atoms with Crippen molar-refractivity contribution in [2.24, 2.45) is 0 Å². The Morgan fingerprint density at radius 3 is 2.87 bits per heavy atom. The second kappa shape index (κ2) is 8.53. The first-order valence-electron chi connectivity index (χ1n) is 8.99. The summed E-state index contributed by atoms with van der Waals surface area (Å²) < 4.78 is 8.02. The minimum absolute atomic E-state index is 0.00286. The van der Waals surface area contributed by atoms with Gasteiger partial charge in [0, 0.05) is 10.9 Å². The molecule has 3 aromatic heterocycles. The highest BCUT2D eigenvalue weighted by Crippen LogP contribution is 2.23. The van der Waals surface area contributed by atoms with Gasteiger partial charge < -0.3 is 9.84 Å². The molecule has 0 radical (unpaired) electrons. The standard InChI is InChI=1S/C19H17N5O5S/c25-13(10-29-11-14-4-3-7-30-14)9-22-12-20-18-15(19(22)26)8-21-23(18)16-5-1-2-6-17(16)24(27)28/h1-8,12-13,25H,9-11H2. The van der Waals surface area contributed by atoms with E-state index in [1.807, 2.05) is 17.5 Å². The predicted octanol–water partition coefficient (Wildman–Crippen LogP) is 2.13. The fourth-order valence-corrected chi connectivity index (χ4v) is 3.66. The van der Waals surface area contributed by atoms with Gasteiger partial charge in [-0.05, 0) is 17.5 Å². The molecule has 1 N–H and O–H groups in total. The second-order valence-corrected chi connectivity index (χ2v) is 7.52. The molecule has 0 aliphatic carbocycles. The molecule has 0 spiro atoms. The zero-order valence-electron chi connectivity index (χ0n) is 15.6. The van der Waals surface area contributed by atoms with Crippen LogP contribution in [0.2, 0.25) is 0 Å². The molecule has 0 bridgehead atoms. The number of nitro benzene ring substituents is 1. The average Bonchev–Trinajstić information content (AvgIpc) is 3.40. The monoisotopic (exact) mass is 427 g/mol. The van der Waals surface area contributed by atoms with Crippen LogP contribution in [0.3, 0.4) is 0 Å². The lowest BCUT2D eigenvalue weighted by atomic mass is 10.2. The SMILES string of the molecule is O=c1c2cnn(-c3ccccc3[N+](=O)[O-])c2ncn1CC(O)COCc1cccs1. The molecule has 30 heavy (non-hydrogen) atoms. The third-order valence-corrected chi connectivity index (χ3v) is 5.25. The normalized spacial score (nSPS) is 12.3. The molecule has 10 nitrogen and oxygen atoms in total. The molecule has 11 heteroatoms. The summed E-state index contributed by atoms with van der Waals surface area (Å²) in [5.74, 6) is 0. The van der Waals surface area contributed by atoms with E-state index in [0.29, 0.717) is 6.61 Å². The maximum atomic E-state index is 12.8. The van der Waals surface area contributed by atoms with Gasteiger partial charge in [-0.3, -0.25) is 19.5 Å². The number of hydrogen-bond donors (Lipinski definition) is 1. The van der Waals surface area contributed by atoms with E-state index < -0.39 is 16.6 Å². The predicted molar refractivity (Wildman–Crippen MR) is 110 cm³/mol. The van der Waals surface area contributed by atoms with Crippen molar-refractivity contribution in [1.29, 1.82) is 0 Å². The number of rotatable bonds is 8. The van der Waals surface area contributed by atoms with Crippen LogP contribution in [0.15, 0.2) is 59.1 Å². The van der Waals surface area contributed by atoms with Crippen LogP contribution in [0.5, 0.6) is 0 Å². The summed E-state index contributed by atoms with van der Waals surface area (Å²) in [6.45, 7) is 0.463. The van der Waals surface area contributed by atoms with E-state index in [2.05, 4.69) is 10.1 Å². The summed E-state index contributed by atoms with van der Waals surface area (Å²) in [5.41, 5.74) is -0.132. The van der Waals surface area contributed by atoms with Gasteiger partial charge in [0.15, 0.2) is 5.65 Å². The van der Waals surface area contributed by atoms with Gasteiger partial charge >= 0.3 is 0 Å². The molecule has 4 aromatic rings. The van der Waals surface area contributed by atoms with Crippen molar-refractivity contribution in [1.82, 2.24) is 19.3 Å². The van der Waals surface area contributed by atoms with Crippen LogP contribution in [0.4, 0.5) is 5.69 Å². The zero-order valence-corrected chi connectivity index (χ0v) is 16.4. The van der Waals surface area contributed by atoms with Crippen LogP contribution in [-0.2, 0) is 17.9 Å². The Morgan fingerprint density at radius 2 is 2.10 bits per heavy atom. The summed E-state index contributed by atoms with van der Waals surface area (Å²) >= 11 is 1.56. The molecule has 1 atom stereocenters. The van der Waals surface area contributed by atoms with Crippen LogP contribution >= 0.6 is 11.3 Å². The molecule has 0 aliphatic heterocycles. The average molecular weight is 427 g/mol. The van der Waals surface area contributed by atoms with Gasteiger partial charge in [0.05, 0.1) is 37.0 Å². The number of hydrogen-bond acceptors (Lipinski definition) is 8. The van der Waals surface area contributed by atoms with Crippen molar-refractivity contribution in [2.75, 3.05) is 6.61 Å². The quantitative estimate of drug-likeness (QED) is 0.337. The van der Waals surface area contributed by atoms with E-state index in [-0.39, 0.29) is 35.6 Å². The first kappa shape index (κ1) is 19.9. The van der Waals surface area contributed by atoms with Crippen molar-refractivity contribution in [3.63, 3.8) is 0 Å². The Labute approximate surface area is 173 Å². The molecule has 4 rings (SSSR count). The number of para-hydroxylation sites is 2. The Hall–Kier alpha value is -3.41. The highest BCUT2D eigenvalue weighted by molar-refractivity contribution is 7.09. The molecule has 0 saturated heterocycles. The number of thiophene rings is 1. The largest absolute Gasteiger partial charge is 0.389 e. The van der Waals surface area contributed by atoms with Crippen molar-refractivity contribution >= 4 is 28.1 Å². The number of fused-ring (bicyclic) bond motifs is 1. The number of nitro groups is 1. The number of nitrogens with zero attached hydrogens (tertiary/aromatic N) is 5. The number of ether oxygens (including phenoxy) is 1. The summed E-state index contributed by atoms with van der Waals surface area (Å²) in [6, 6.07) is 9.95. The fraction of sp³-hybridized carbons (Fsp3) is 0.211. The van der Waals surface area contributed by atoms with E-state index in [1.54, 1.807) is 23.5 Å². The third-order valence-electron chi connectivity index (χ3n) is 4.40. The molecule has 154 valence electrons. The molecular formula is C19H17N5O5S. The highest BCUT2D eigenvalue weighted by Gasteiger charge is 2.19. The van der Waals surface area contributed by atoms with E-state index >= 15 is 0 Å². The molecular weight excluding hydrogens is 410 g/mol. The van der Waals surface area contributed by atoms with Gasteiger partial charge in [0.1, 0.15) is 17.4 Å². The van der Waals surface area contributed by atoms with Crippen molar-refractivity contribution < 1.29 is 14.8 Å². The van der Waals surface area contributed by atoms with Gasteiger partial charge in [-0.1, -0.05) is 18.2 Å². The molecule has 1 aromatic carbocycles. The van der Waals surface area contributed by atoms with Gasteiger partial charge in [-0.15, -0.1) is 11.3 Å². The van der Waals surface area contributed by atoms with E-state index in [1.165, 1.54) is 33.9 Å². The fourth-order valence-electron chi connectivity index (χ4n) is 3.02. The van der Waals surface area contributed by atoms with Gasteiger partial charge in [0.25, 0.3) is 11.2 Å². The van der Waals surface area contributed by atoms with E-state index in [0.717, 1.165) is 4.88 Å². The van der Waals surface area contributed by atoms with Gasteiger partial charge in [0.2, 0.25) is 0 Å². The number of aliphatic hydroxyl groups excluding tert-OH is 1. The summed E-state index contributed by atoms with van der Waals surface area (Å²) in [5, 5.41) is 27.8. The van der Waals surface area contributed by atoms with Crippen LogP contribution in [0, 0.1) is 10.1 Å². The first-order valence-corrected chi connectivity index (χ1v) is 9.87. The smallest absolute Gasteiger partial charge is 0.294 e. The minimum Gasteiger partial charge on any atom is -0.389 e. The first-order chi connectivity index (χ1) is 14.5. The number of aliphatic hydroxyl groups is 1. The molecule has 0 aliphatic rings. The second-order valence-electron chi connectivity index (χ2n) is 6.49. The lowest BCUT2D eigenvalue weighted by Gasteiger charge is -2.12. The Morgan fingerprint density at radius 1 is 1.27 bits per heavy atom. The van der Waals surface area contributed by atoms with E-state index in [9.17, 15) is 20.0 Å². The topological polar surface area (TPSA) is 125 Å². The molecule has 3 heterocycles. The van der Waals surface area contributed by atoms with Crippen molar-refractivity contribution in [2.45, 2.75) is 19.3 Å². The van der Waals surface area contributed by atoms with Gasteiger partial charge in [-0.2, -0.15) is 5.10 Å². The number of benzene rings is 1. The highest BCUT2D eigenvalue weighted by atomic mass is 32.1. The Balaban J connectivity index is 1.54. The van der Waals surface area contributed by atoms with E-state index in [4.69, 9.17) is 4.74 Å². The lowest BCUT2D eigenvalue weighted by Crippen LogP contribution is -2.29. The lowest BCUT2D eigenvalue weighted by molar-refractivity contribution is -0.384. The molecule has 0 amide bonds. The van der Waals surface area contributed by atoms with Crippen LogP contribution < -0.4 is 5.56 Å². The summed E-state index contributed by atoms with van der Waals surface area (Å²) in [4.78, 5) is 28.8. The van der Waals surface area contributed by atoms with Crippen molar-refractivity contribution in [3.8, 4) is 5.69 Å².